The largest absolute Gasteiger partial charge is 0.445 e. The van der Waals surface area contributed by atoms with Crippen LogP contribution >= 0.6 is 22.6 Å². The summed E-state index contributed by atoms with van der Waals surface area (Å²) >= 11 is 2.21. The van der Waals surface area contributed by atoms with Crippen LogP contribution in [0.5, 0.6) is 0 Å². The molecular formula is C25H22IN3O3. The van der Waals surface area contributed by atoms with Gasteiger partial charge in [-0.15, -0.1) is 0 Å². The Morgan fingerprint density at radius 2 is 1.66 bits per heavy atom. The minimum absolute atomic E-state index is 0.130. The van der Waals surface area contributed by atoms with Gasteiger partial charge in [-0.1, -0.05) is 48.5 Å². The number of alkyl carbamates (subject to hydrolysis) is 1. The van der Waals surface area contributed by atoms with E-state index in [1.165, 1.54) is 0 Å². The maximum absolute atomic E-state index is 13.1. The first kappa shape index (κ1) is 21.9. The van der Waals surface area contributed by atoms with Crippen LogP contribution in [0.4, 0.5) is 10.5 Å². The number of hydrogen-bond acceptors (Lipinski definition) is 3. The van der Waals surface area contributed by atoms with Gasteiger partial charge in [0.1, 0.15) is 12.6 Å². The highest BCUT2D eigenvalue weighted by Gasteiger charge is 2.23. The Bertz CT molecular complexity index is 1210. The molecule has 7 heteroatoms. The number of aromatic nitrogens is 1. The number of H-pyrrole nitrogens is 1. The summed E-state index contributed by atoms with van der Waals surface area (Å²) in [4.78, 5) is 28.8. The van der Waals surface area contributed by atoms with Gasteiger partial charge in [0.2, 0.25) is 5.91 Å². The SMILES string of the molecule is O=C(NC(Cc1c[nH]c2ccccc12)C(=O)Nc1ccc(I)cc1)OCc1ccccc1. The summed E-state index contributed by atoms with van der Waals surface area (Å²) in [5.74, 6) is -0.312. The number of ether oxygens (including phenoxy) is 1. The van der Waals surface area contributed by atoms with E-state index in [0.717, 1.165) is 25.6 Å². The van der Waals surface area contributed by atoms with Crippen molar-refractivity contribution in [3.63, 3.8) is 0 Å². The van der Waals surface area contributed by atoms with E-state index in [0.29, 0.717) is 12.1 Å². The van der Waals surface area contributed by atoms with Gasteiger partial charge in [-0.05, 0) is 64.0 Å². The van der Waals surface area contributed by atoms with Gasteiger partial charge in [-0.2, -0.15) is 0 Å². The smallest absolute Gasteiger partial charge is 0.408 e. The quantitative estimate of drug-likeness (QED) is 0.281. The molecule has 0 saturated carbocycles. The molecule has 6 nitrogen and oxygen atoms in total. The molecule has 3 aromatic carbocycles. The van der Waals surface area contributed by atoms with Crippen molar-refractivity contribution in [2.75, 3.05) is 5.32 Å². The van der Waals surface area contributed by atoms with Crippen LogP contribution in [-0.4, -0.2) is 23.0 Å². The number of carbonyl (C=O) groups excluding carboxylic acids is 2. The second kappa shape index (κ2) is 10.3. The van der Waals surface area contributed by atoms with Crippen LogP contribution in [0, 0.1) is 3.57 Å². The van der Waals surface area contributed by atoms with Crippen LogP contribution in [0.25, 0.3) is 10.9 Å². The molecule has 0 aliphatic heterocycles. The topological polar surface area (TPSA) is 83.2 Å². The summed E-state index contributed by atoms with van der Waals surface area (Å²) in [6.45, 7) is 0.130. The van der Waals surface area contributed by atoms with Crippen LogP contribution < -0.4 is 10.6 Å². The standard InChI is InChI=1S/C25H22IN3O3/c26-19-10-12-20(13-11-19)28-24(30)23(14-18-15-27-22-9-5-4-8-21(18)22)29-25(31)32-16-17-6-2-1-3-7-17/h1-13,15,23,27H,14,16H2,(H,28,30)(H,29,31). The normalized spacial score (nSPS) is 11.7. The summed E-state index contributed by atoms with van der Waals surface area (Å²) in [5.41, 5.74) is 3.45. The molecule has 32 heavy (non-hydrogen) atoms. The van der Waals surface area contributed by atoms with E-state index in [1.54, 1.807) is 0 Å². The molecule has 0 radical (unpaired) electrons. The second-order valence-electron chi connectivity index (χ2n) is 7.32. The first-order valence-corrected chi connectivity index (χ1v) is 11.2. The van der Waals surface area contributed by atoms with E-state index < -0.39 is 12.1 Å². The predicted octanol–water partition coefficient (Wildman–Crippen LogP) is 5.25. The molecule has 1 atom stereocenters. The Labute approximate surface area is 199 Å². The van der Waals surface area contributed by atoms with E-state index in [-0.39, 0.29) is 12.5 Å². The van der Waals surface area contributed by atoms with E-state index in [4.69, 9.17) is 4.74 Å². The lowest BCUT2D eigenvalue weighted by Gasteiger charge is -2.18. The van der Waals surface area contributed by atoms with E-state index in [1.807, 2.05) is 85.1 Å². The zero-order chi connectivity index (χ0) is 22.3. The molecule has 1 heterocycles. The third-order valence-electron chi connectivity index (χ3n) is 5.03. The average molecular weight is 539 g/mol. The number of nitrogens with one attached hydrogen (secondary N) is 3. The lowest BCUT2D eigenvalue weighted by atomic mass is 10.0. The van der Waals surface area contributed by atoms with Gasteiger partial charge in [0, 0.05) is 32.8 Å². The number of benzene rings is 3. The van der Waals surface area contributed by atoms with Crippen LogP contribution in [0.15, 0.2) is 85.1 Å². The zero-order valence-corrected chi connectivity index (χ0v) is 19.3. The van der Waals surface area contributed by atoms with Crippen LogP contribution in [0.3, 0.4) is 0 Å². The third-order valence-corrected chi connectivity index (χ3v) is 5.75. The maximum Gasteiger partial charge on any atom is 0.408 e. The van der Waals surface area contributed by atoms with Gasteiger partial charge in [0.05, 0.1) is 0 Å². The number of hydrogen-bond donors (Lipinski definition) is 3. The van der Waals surface area contributed by atoms with Crippen molar-refractivity contribution in [3.05, 3.63) is 99.8 Å². The number of amides is 2. The van der Waals surface area contributed by atoms with Crippen LogP contribution in [0.1, 0.15) is 11.1 Å². The van der Waals surface area contributed by atoms with Crippen LogP contribution in [0.2, 0.25) is 0 Å². The molecule has 4 aromatic rings. The van der Waals surface area contributed by atoms with Gasteiger partial charge in [0.25, 0.3) is 0 Å². The lowest BCUT2D eigenvalue weighted by molar-refractivity contribution is -0.118. The fraction of sp³-hybridized carbons (Fsp3) is 0.120. The van der Waals surface area contributed by atoms with Gasteiger partial charge in [0.15, 0.2) is 0 Å². The summed E-state index contributed by atoms with van der Waals surface area (Å²) < 4.78 is 6.41. The predicted molar refractivity (Wildman–Crippen MR) is 133 cm³/mol. The Morgan fingerprint density at radius 1 is 0.938 bits per heavy atom. The molecule has 162 valence electrons. The summed E-state index contributed by atoms with van der Waals surface area (Å²) in [6.07, 6.45) is 1.55. The van der Waals surface area contributed by atoms with Crippen molar-refractivity contribution in [1.29, 1.82) is 0 Å². The monoisotopic (exact) mass is 539 g/mol. The molecule has 0 spiro atoms. The molecule has 1 unspecified atom stereocenters. The Morgan fingerprint density at radius 3 is 2.44 bits per heavy atom. The molecule has 0 bridgehead atoms. The fourth-order valence-electron chi connectivity index (χ4n) is 3.40. The Balaban J connectivity index is 1.49. The number of rotatable bonds is 7. The Hall–Kier alpha value is -3.33. The van der Waals surface area contributed by atoms with Crippen molar-refractivity contribution in [1.82, 2.24) is 10.3 Å². The van der Waals surface area contributed by atoms with Crippen LogP contribution in [-0.2, 0) is 22.6 Å². The number of para-hydroxylation sites is 1. The second-order valence-corrected chi connectivity index (χ2v) is 8.56. The maximum atomic E-state index is 13.1. The van der Waals surface area contributed by atoms with E-state index >= 15 is 0 Å². The van der Waals surface area contributed by atoms with Crippen molar-refractivity contribution >= 4 is 51.2 Å². The first-order chi connectivity index (χ1) is 15.6. The number of halogens is 1. The molecule has 4 rings (SSSR count). The molecule has 0 aliphatic carbocycles. The van der Waals surface area contributed by atoms with Crippen molar-refractivity contribution in [3.8, 4) is 0 Å². The highest BCUT2D eigenvalue weighted by atomic mass is 127. The van der Waals surface area contributed by atoms with Gasteiger partial charge < -0.3 is 20.4 Å². The molecule has 0 saturated heterocycles. The summed E-state index contributed by atoms with van der Waals surface area (Å²) in [6, 6.07) is 23.9. The average Bonchev–Trinajstić information content (AvgIpc) is 3.22. The molecule has 3 N–H and O–H groups in total. The number of aromatic amines is 1. The molecule has 2 amide bonds. The van der Waals surface area contributed by atoms with Gasteiger partial charge in [-0.25, -0.2) is 4.79 Å². The number of anilines is 1. The minimum atomic E-state index is -0.809. The summed E-state index contributed by atoms with van der Waals surface area (Å²) in [7, 11) is 0. The van der Waals surface area contributed by atoms with E-state index in [9.17, 15) is 9.59 Å². The summed E-state index contributed by atoms with van der Waals surface area (Å²) in [5, 5.41) is 6.63. The zero-order valence-electron chi connectivity index (χ0n) is 17.2. The fourth-order valence-corrected chi connectivity index (χ4v) is 3.76. The lowest BCUT2D eigenvalue weighted by Crippen LogP contribution is -2.45. The van der Waals surface area contributed by atoms with Crippen molar-refractivity contribution < 1.29 is 14.3 Å². The molecule has 1 aromatic heterocycles. The van der Waals surface area contributed by atoms with Gasteiger partial charge in [-0.3, -0.25) is 4.79 Å². The third kappa shape index (κ3) is 5.67. The molecule has 0 fully saturated rings. The van der Waals surface area contributed by atoms with Gasteiger partial charge >= 0.3 is 6.09 Å². The minimum Gasteiger partial charge on any atom is -0.445 e. The molecule has 0 aliphatic rings. The van der Waals surface area contributed by atoms with Crippen molar-refractivity contribution in [2.45, 2.75) is 19.1 Å². The van der Waals surface area contributed by atoms with E-state index in [2.05, 4.69) is 38.2 Å². The highest BCUT2D eigenvalue weighted by molar-refractivity contribution is 14.1. The highest BCUT2D eigenvalue weighted by Crippen LogP contribution is 2.20. The Kier molecular flexibility index (Phi) is 7.06. The number of fused-ring (bicyclic) bond motifs is 1. The number of carbonyl (C=O) groups is 2. The molecular weight excluding hydrogens is 517 g/mol. The van der Waals surface area contributed by atoms with Crippen molar-refractivity contribution in [2.24, 2.45) is 0 Å². The first-order valence-electron chi connectivity index (χ1n) is 10.2.